The lowest BCUT2D eigenvalue weighted by atomic mass is 10.0. The molecule has 5 nitrogen and oxygen atoms in total. The summed E-state index contributed by atoms with van der Waals surface area (Å²) >= 11 is 6.43. The molecule has 0 saturated carbocycles. The predicted octanol–water partition coefficient (Wildman–Crippen LogP) is 3.54. The van der Waals surface area contributed by atoms with Crippen molar-refractivity contribution in [1.82, 2.24) is 15.5 Å². The van der Waals surface area contributed by atoms with Crippen LogP contribution in [0.15, 0.2) is 29.3 Å². The van der Waals surface area contributed by atoms with Crippen LogP contribution in [0.1, 0.15) is 32.4 Å². The molecule has 0 aliphatic heterocycles. The van der Waals surface area contributed by atoms with Gasteiger partial charge in [0.15, 0.2) is 5.96 Å². The molecule has 7 heteroatoms. The number of nitrogens with one attached hydrogen (secondary N) is 2. The van der Waals surface area contributed by atoms with Gasteiger partial charge >= 0.3 is 0 Å². The fourth-order valence-corrected chi connectivity index (χ4v) is 3.02. The Kier molecular flexibility index (Phi) is 13.3. The van der Waals surface area contributed by atoms with E-state index in [4.69, 9.17) is 16.3 Å². The summed E-state index contributed by atoms with van der Waals surface area (Å²) in [6, 6.07) is 8.41. The fourth-order valence-electron chi connectivity index (χ4n) is 2.76. The second-order valence-corrected chi connectivity index (χ2v) is 6.12. The largest absolute Gasteiger partial charge is 0.383 e. The Balaban J connectivity index is 0.00000576. The maximum Gasteiger partial charge on any atom is 0.191 e. The molecule has 0 fully saturated rings. The second kappa shape index (κ2) is 13.6. The van der Waals surface area contributed by atoms with Crippen LogP contribution in [0.2, 0.25) is 5.02 Å². The van der Waals surface area contributed by atoms with E-state index in [1.807, 2.05) is 18.2 Å². The Morgan fingerprint density at radius 1 is 1.28 bits per heavy atom. The molecule has 1 aromatic carbocycles. The van der Waals surface area contributed by atoms with Gasteiger partial charge in [0.2, 0.25) is 0 Å². The molecule has 25 heavy (non-hydrogen) atoms. The Labute approximate surface area is 174 Å². The maximum absolute atomic E-state index is 6.43. The Bertz CT molecular complexity index is 512. The zero-order valence-corrected chi connectivity index (χ0v) is 19.0. The summed E-state index contributed by atoms with van der Waals surface area (Å²) in [4.78, 5) is 6.69. The van der Waals surface area contributed by atoms with Crippen LogP contribution in [0.25, 0.3) is 0 Å². The monoisotopic (exact) mass is 482 g/mol. The molecule has 0 aliphatic carbocycles. The number of ether oxygens (including phenoxy) is 1. The highest BCUT2D eigenvalue weighted by atomic mass is 127. The summed E-state index contributed by atoms with van der Waals surface area (Å²) in [7, 11) is 3.47. The highest BCUT2D eigenvalue weighted by molar-refractivity contribution is 14.0. The van der Waals surface area contributed by atoms with Crippen LogP contribution in [0.4, 0.5) is 0 Å². The molecule has 2 unspecified atom stereocenters. The summed E-state index contributed by atoms with van der Waals surface area (Å²) in [5, 5.41) is 7.54. The molecule has 0 radical (unpaired) electrons. The predicted molar refractivity (Wildman–Crippen MR) is 118 cm³/mol. The van der Waals surface area contributed by atoms with Crippen molar-refractivity contribution in [3.05, 3.63) is 34.9 Å². The molecule has 0 amide bonds. The quantitative estimate of drug-likeness (QED) is 0.321. The number of halogens is 2. The molecule has 144 valence electrons. The molecule has 1 aromatic rings. The number of likely N-dealkylation sites (N-methyl/N-ethyl adjacent to an activating group) is 1. The van der Waals surface area contributed by atoms with Crippen molar-refractivity contribution in [1.29, 1.82) is 0 Å². The highest BCUT2D eigenvalue weighted by Crippen LogP contribution is 2.26. The molecule has 0 heterocycles. The number of aliphatic imine (C=N–C) groups is 1. The van der Waals surface area contributed by atoms with Gasteiger partial charge in [-0.2, -0.15) is 0 Å². The van der Waals surface area contributed by atoms with Crippen LogP contribution >= 0.6 is 35.6 Å². The zero-order chi connectivity index (χ0) is 17.9. The normalized spacial score (nSPS) is 14.0. The van der Waals surface area contributed by atoms with E-state index in [-0.39, 0.29) is 36.1 Å². The number of nitrogens with zero attached hydrogens (tertiary/aromatic N) is 2. The Hall–Kier alpha value is -0.570. The van der Waals surface area contributed by atoms with Crippen molar-refractivity contribution in [2.45, 2.75) is 32.9 Å². The summed E-state index contributed by atoms with van der Waals surface area (Å²) in [5.74, 6) is 0.767. The minimum atomic E-state index is 0. The minimum absolute atomic E-state index is 0. The molecule has 0 spiro atoms. The van der Waals surface area contributed by atoms with Gasteiger partial charge in [-0.1, -0.05) is 43.6 Å². The van der Waals surface area contributed by atoms with Gasteiger partial charge in [0.05, 0.1) is 12.6 Å². The lowest BCUT2D eigenvalue weighted by Crippen LogP contribution is -2.47. The number of rotatable bonds is 9. The number of methoxy groups -OCH3 is 1. The average molecular weight is 483 g/mol. The van der Waals surface area contributed by atoms with Crippen LogP contribution in [-0.4, -0.2) is 57.3 Å². The maximum atomic E-state index is 6.43. The first-order valence-electron chi connectivity index (χ1n) is 8.51. The molecular formula is C18H32ClIN4O. The number of benzene rings is 1. The first-order chi connectivity index (χ1) is 11.6. The first kappa shape index (κ1) is 24.4. The number of hydrogen-bond acceptors (Lipinski definition) is 3. The molecule has 0 saturated heterocycles. The van der Waals surface area contributed by atoms with E-state index >= 15 is 0 Å². The Morgan fingerprint density at radius 3 is 2.44 bits per heavy atom. The van der Waals surface area contributed by atoms with Crippen molar-refractivity contribution in [2.75, 3.05) is 40.4 Å². The molecule has 0 aliphatic rings. The van der Waals surface area contributed by atoms with Gasteiger partial charge in [-0.05, 0) is 31.6 Å². The van der Waals surface area contributed by atoms with Crippen LogP contribution in [0.3, 0.4) is 0 Å². The second-order valence-electron chi connectivity index (χ2n) is 5.71. The highest BCUT2D eigenvalue weighted by Gasteiger charge is 2.20. The smallest absolute Gasteiger partial charge is 0.191 e. The minimum Gasteiger partial charge on any atom is -0.383 e. The van der Waals surface area contributed by atoms with Crippen molar-refractivity contribution in [3.63, 3.8) is 0 Å². The van der Waals surface area contributed by atoms with Crippen LogP contribution in [0, 0.1) is 0 Å². The van der Waals surface area contributed by atoms with E-state index in [2.05, 4.69) is 47.4 Å². The Morgan fingerprint density at radius 2 is 1.92 bits per heavy atom. The summed E-state index contributed by atoms with van der Waals surface area (Å²) < 4.78 is 5.16. The van der Waals surface area contributed by atoms with Crippen molar-refractivity contribution in [2.24, 2.45) is 4.99 Å². The summed E-state index contributed by atoms with van der Waals surface area (Å²) in [6.07, 6.45) is 0. The van der Waals surface area contributed by atoms with Crippen LogP contribution < -0.4 is 10.6 Å². The standard InChI is InChI=1S/C18H31ClN4O.HI/c1-6-23(7-2)17(15-10-8-9-11-16(15)19)12-21-18(20-4)22-14(3)13-24-5;/h8-11,14,17H,6-7,12-13H2,1-5H3,(H2,20,21,22);1H. The van der Waals surface area contributed by atoms with Gasteiger partial charge in [-0.25, -0.2) is 0 Å². The van der Waals surface area contributed by atoms with Gasteiger partial charge in [0.25, 0.3) is 0 Å². The lowest BCUT2D eigenvalue weighted by Gasteiger charge is -2.31. The average Bonchev–Trinajstić information content (AvgIpc) is 2.58. The molecule has 0 bridgehead atoms. The molecular weight excluding hydrogens is 451 g/mol. The van der Waals surface area contributed by atoms with E-state index in [1.165, 1.54) is 0 Å². The van der Waals surface area contributed by atoms with Crippen LogP contribution in [0.5, 0.6) is 0 Å². The van der Waals surface area contributed by atoms with Gasteiger partial charge < -0.3 is 15.4 Å². The number of hydrogen-bond donors (Lipinski definition) is 2. The van der Waals surface area contributed by atoms with E-state index in [9.17, 15) is 0 Å². The van der Waals surface area contributed by atoms with E-state index in [1.54, 1.807) is 14.2 Å². The number of guanidine groups is 1. The summed E-state index contributed by atoms with van der Waals surface area (Å²) in [5.41, 5.74) is 1.13. The van der Waals surface area contributed by atoms with Crippen molar-refractivity contribution < 1.29 is 4.74 Å². The van der Waals surface area contributed by atoms with Crippen LogP contribution in [-0.2, 0) is 4.74 Å². The SMILES string of the molecule is CCN(CC)C(CNC(=NC)NC(C)COC)c1ccccc1Cl.I. The zero-order valence-electron chi connectivity index (χ0n) is 15.9. The molecule has 0 aromatic heterocycles. The molecule has 2 atom stereocenters. The van der Waals surface area contributed by atoms with E-state index < -0.39 is 0 Å². The topological polar surface area (TPSA) is 48.9 Å². The van der Waals surface area contributed by atoms with Gasteiger partial charge in [0, 0.05) is 31.8 Å². The molecule has 2 N–H and O–H groups in total. The fraction of sp³-hybridized carbons (Fsp3) is 0.611. The van der Waals surface area contributed by atoms with Gasteiger partial charge in [-0.3, -0.25) is 9.89 Å². The lowest BCUT2D eigenvalue weighted by molar-refractivity contribution is 0.178. The third-order valence-corrected chi connectivity index (χ3v) is 4.35. The third kappa shape index (κ3) is 8.11. The van der Waals surface area contributed by atoms with E-state index in [0.29, 0.717) is 6.61 Å². The molecule has 1 rings (SSSR count). The van der Waals surface area contributed by atoms with Crippen molar-refractivity contribution >= 4 is 41.5 Å². The summed E-state index contributed by atoms with van der Waals surface area (Å²) in [6.45, 7) is 9.67. The van der Waals surface area contributed by atoms with Gasteiger partial charge in [0.1, 0.15) is 0 Å². The van der Waals surface area contributed by atoms with Gasteiger partial charge in [-0.15, -0.1) is 24.0 Å². The third-order valence-electron chi connectivity index (χ3n) is 4.00. The van der Waals surface area contributed by atoms with E-state index in [0.717, 1.165) is 36.2 Å². The van der Waals surface area contributed by atoms with Crippen molar-refractivity contribution in [3.8, 4) is 0 Å². The first-order valence-corrected chi connectivity index (χ1v) is 8.89.